The molecule has 0 bridgehead atoms. The van der Waals surface area contributed by atoms with Gasteiger partial charge in [0.25, 0.3) is 5.91 Å². The lowest BCUT2D eigenvalue weighted by molar-refractivity contribution is 0.100. The number of rotatable bonds is 6. The van der Waals surface area contributed by atoms with Crippen molar-refractivity contribution in [1.82, 2.24) is 0 Å². The van der Waals surface area contributed by atoms with Crippen LogP contribution in [0.15, 0.2) is 65.1 Å². The maximum atomic E-state index is 13.0. The molecule has 0 aliphatic rings. The van der Waals surface area contributed by atoms with Crippen molar-refractivity contribution in [2.75, 3.05) is 19.5 Å². The van der Waals surface area contributed by atoms with E-state index >= 15 is 0 Å². The normalized spacial score (nSPS) is 10.8. The van der Waals surface area contributed by atoms with Crippen molar-refractivity contribution in [3.8, 4) is 11.5 Å². The number of halogens is 1. The van der Waals surface area contributed by atoms with Gasteiger partial charge in [0.05, 0.1) is 14.2 Å². The first-order chi connectivity index (χ1) is 15.4. The molecule has 1 heterocycles. The highest BCUT2D eigenvalue weighted by Gasteiger charge is 2.21. The fourth-order valence-corrected chi connectivity index (χ4v) is 3.64. The van der Waals surface area contributed by atoms with Gasteiger partial charge in [-0.1, -0.05) is 17.7 Å². The molecule has 0 saturated carbocycles. The van der Waals surface area contributed by atoms with Crippen molar-refractivity contribution < 1.29 is 23.5 Å². The molecule has 0 saturated heterocycles. The van der Waals surface area contributed by atoms with Gasteiger partial charge in [0.2, 0.25) is 5.78 Å². The third kappa shape index (κ3) is 3.92. The second-order valence-corrected chi connectivity index (χ2v) is 7.53. The van der Waals surface area contributed by atoms with Crippen LogP contribution in [-0.2, 0) is 0 Å². The number of hydrogen-bond acceptors (Lipinski definition) is 5. The molecule has 162 valence electrons. The number of amides is 1. The van der Waals surface area contributed by atoms with Crippen molar-refractivity contribution in [3.63, 3.8) is 0 Å². The molecule has 3 aromatic carbocycles. The van der Waals surface area contributed by atoms with Gasteiger partial charge in [-0.05, 0) is 61.5 Å². The maximum absolute atomic E-state index is 13.0. The maximum Gasteiger partial charge on any atom is 0.263 e. The minimum Gasteiger partial charge on any atom is -0.496 e. The molecule has 0 aliphatic heterocycles. The van der Waals surface area contributed by atoms with E-state index in [1.165, 1.54) is 14.2 Å². The first kappa shape index (κ1) is 21.5. The summed E-state index contributed by atoms with van der Waals surface area (Å²) in [5.74, 6) is 0.436. The molecule has 4 rings (SSSR count). The summed E-state index contributed by atoms with van der Waals surface area (Å²) in [6.45, 7) is 1.81. The van der Waals surface area contributed by atoms with Gasteiger partial charge in [-0.15, -0.1) is 0 Å². The SMILES string of the molecule is COc1cccc(OC)c1C(=O)Nc1ccc2oc(C(=O)c3ccc(Cl)cc3)c(C)c2c1. The molecule has 0 radical (unpaired) electrons. The Morgan fingerprint density at radius 2 is 1.59 bits per heavy atom. The number of ether oxygens (including phenoxy) is 2. The summed E-state index contributed by atoms with van der Waals surface area (Å²) in [5, 5.41) is 4.14. The Bertz CT molecular complexity index is 1300. The number of carbonyl (C=O) groups is 2. The van der Waals surface area contributed by atoms with Gasteiger partial charge in [-0.2, -0.15) is 0 Å². The number of aryl methyl sites for hydroxylation is 1. The number of ketones is 1. The van der Waals surface area contributed by atoms with Crippen LogP contribution in [0.4, 0.5) is 5.69 Å². The lowest BCUT2D eigenvalue weighted by Crippen LogP contribution is -2.14. The van der Waals surface area contributed by atoms with Gasteiger partial charge < -0.3 is 19.2 Å². The summed E-state index contributed by atoms with van der Waals surface area (Å²) in [5.41, 5.74) is 2.55. The summed E-state index contributed by atoms with van der Waals surface area (Å²) in [4.78, 5) is 25.9. The van der Waals surface area contributed by atoms with Crippen LogP contribution >= 0.6 is 11.6 Å². The second-order valence-electron chi connectivity index (χ2n) is 7.09. The Morgan fingerprint density at radius 3 is 2.22 bits per heavy atom. The smallest absolute Gasteiger partial charge is 0.263 e. The van der Waals surface area contributed by atoms with Crippen LogP contribution in [0.3, 0.4) is 0 Å². The Kier molecular flexibility index (Phi) is 5.88. The number of nitrogens with one attached hydrogen (secondary N) is 1. The Morgan fingerprint density at radius 1 is 0.938 bits per heavy atom. The standard InChI is InChI=1S/C25H20ClNO5/c1-14-18-13-17(27-25(29)22-20(30-2)5-4-6-21(22)31-3)11-12-19(18)32-24(14)23(28)15-7-9-16(26)10-8-15/h4-13H,1-3H3,(H,27,29). The predicted octanol–water partition coefficient (Wildman–Crippen LogP) is 5.90. The molecule has 1 N–H and O–H groups in total. The van der Waals surface area contributed by atoms with Crippen LogP contribution in [-0.4, -0.2) is 25.9 Å². The fraction of sp³-hybridized carbons (Fsp3) is 0.120. The van der Waals surface area contributed by atoms with Crippen LogP contribution < -0.4 is 14.8 Å². The van der Waals surface area contributed by atoms with E-state index in [4.69, 9.17) is 25.5 Å². The molecule has 1 amide bonds. The van der Waals surface area contributed by atoms with Gasteiger partial charge in [0, 0.05) is 27.2 Å². The molecular weight excluding hydrogens is 430 g/mol. The van der Waals surface area contributed by atoms with Crippen LogP contribution in [0.5, 0.6) is 11.5 Å². The number of hydrogen-bond donors (Lipinski definition) is 1. The van der Waals surface area contributed by atoms with Crippen LogP contribution in [0, 0.1) is 6.92 Å². The summed E-state index contributed by atoms with van der Waals surface area (Å²) in [6, 6.07) is 17.0. The summed E-state index contributed by atoms with van der Waals surface area (Å²) in [7, 11) is 2.98. The first-order valence-corrected chi connectivity index (χ1v) is 10.2. The van der Waals surface area contributed by atoms with Crippen LogP contribution in [0.2, 0.25) is 5.02 Å². The van der Waals surface area contributed by atoms with E-state index < -0.39 is 0 Å². The number of fused-ring (bicyclic) bond motifs is 1. The number of benzene rings is 3. The summed E-state index contributed by atoms with van der Waals surface area (Å²) < 4.78 is 16.5. The van der Waals surface area contributed by atoms with E-state index in [1.54, 1.807) is 60.7 Å². The van der Waals surface area contributed by atoms with E-state index in [2.05, 4.69) is 5.32 Å². The molecule has 0 unspecified atom stereocenters. The Balaban J connectivity index is 1.66. The van der Waals surface area contributed by atoms with E-state index in [-0.39, 0.29) is 17.5 Å². The molecular formula is C25H20ClNO5. The lowest BCUT2D eigenvalue weighted by atomic mass is 10.0. The van der Waals surface area contributed by atoms with Crippen molar-refractivity contribution in [2.24, 2.45) is 0 Å². The zero-order valence-electron chi connectivity index (χ0n) is 17.7. The third-order valence-corrected chi connectivity index (χ3v) is 5.41. The molecule has 0 atom stereocenters. The minimum absolute atomic E-state index is 0.236. The topological polar surface area (TPSA) is 77.8 Å². The fourth-order valence-electron chi connectivity index (χ4n) is 3.52. The van der Waals surface area contributed by atoms with E-state index in [0.717, 1.165) is 5.39 Å². The number of anilines is 1. The van der Waals surface area contributed by atoms with E-state index in [1.807, 2.05) is 6.92 Å². The molecule has 0 spiro atoms. The van der Waals surface area contributed by atoms with Crippen molar-refractivity contribution in [2.45, 2.75) is 6.92 Å². The number of carbonyl (C=O) groups excluding carboxylic acids is 2. The predicted molar refractivity (Wildman–Crippen MR) is 123 cm³/mol. The second kappa shape index (κ2) is 8.77. The van der Waals surface area contributed by atoms with E-state index in [9.17, 15) is 9.59 Å². The molecule has 0 aliphatic carbocycles. The van der Waals surface area contributed by atoms with Gasteiger partial charge >= 0.3 is 0 Å². The molecule has 1 aromatic heterocycles. The largest absolute Gasteiger partial charge is 0.496 e. The third-order valence-electron chi connectivity index (χ3n) is 5.16. The highest BCUT2D eigenvalue weighted by atomic mass is 35.5. The summed E-state index contributed by atoms with van der Waals surface area (Å²) in [6.07, 6.45) is 0. The Hall–Kier alpha value is -3.77. The minimum atomic E-state index is -0.378. The summed E-state index contributed by atoms with van der Waals surface area (Å²) >= 11 is 5.91. The van der Waals surface area contributed by atoms with E-state index in [0.29, 0.717) is 44.5 Å². The molecule has 0 fully saturated rings. The first-order valence-electron chi connectivity index (χ1n) is 9.78. The lowest BCUT2D eigenvalue weighted by Gasteiger charge is -2.13. The van der Waals surface area contributed by atoms with Gasteiger partial charge in [0.1, 0.15) is 22.6 Å². The molecule has 6 nitrogen and oxygen atoms in total. The molecule has 32 heavy (non-hydrogen) atoms. The van der Waals surface area contributed by atoms with Gasteiger partial charge in [-0.3, -0.25) is 9.59 Å². The molecule has 7 heteroatoms. The highest BCUT2D eigenvalue weighted by Crippen LogP contribution is 2.32. The van der Waals surface area contributed by atoms with Crippen LogP contribution in [0.25, 0.3) is 11.0 Å². The van der Waals surface area contributed by atoms with Gasteiger partial charge in [-0.25, -0.2) is 0 Å². The monoisotopic (exact) mass is 449 g/mol. The van der Waals surface area contributed by atoms with Crippen molar-refractivity contribution in [1.29, 1.82) is 0 Å². The zero-order valence-corrected chi connectivity index (χ0v) is 18.4. The Labute approximate surface area is 189 Å². The number of furan rings is 1. The van der Waals surface area contributed by atoms with Crippen molar-refractivity contribution in [3.05, 3.63) is 88.1 Å². The van der Waals surface area contributed by atoms with Crippen LogP contribution in [0.1, 0.15) is 32.0 Å². The average Bonchev–Trinajstić information content (AvgIpc) is 3.14. The average molecular weight is 450 g/mol. The molecule has 4 aromatic rings. The van der Waals surface area contributed by atoms with Gasteiger partial charge in [0.15, 0.2) is 5.76 Å². The number of methoxy groups -OCH3 is 2. The highest BCUT2D eigenvalue weighted by molar-refractivity contribution is 6.30. The quantitative estimate of drug-likeness (QED) is 0.371. The van der Waals surface area contributed by atoms with Crippen molar-refractivity contribution >= 4 is 39.9 Å². The zero-order chi connectivity index (χ0) is 22.8.